The summed E-state index contributed by atoms with van der Waals surface area (Å²) in [5.74, 6) is -0.672. The number of carbonyl (C=O) groups is 2. The molecule has 0 aliphatic heterocycles. The van der Waals surface area contributed by atoms with Gasteiger partial charge in [0, 0.05) is 17.6 Å². The molecule has 2 rings (SSSR count). The maximum absolute atomic E-state index is 13.4. The van der Waals surface area contributed by atoms with Crippen molar-refractivity contribution in [2.75, 3.05) is 30.2 Å². The van der Waals surface area contributed by atoms with Crippen LogP contribution in [0.3, 0.4) is 0 Å². The molecule has 7 nitrogen and oxygen atoms in total. The number of amides is 2. The molecule has 32 heavy (non-hydrogen) atoms. The minimum atomic E-state index is -3.73. The number of hydrogen-bond donors (Lipinski definition) is 1. The number of halogens is 1. The summed E-state index contributed by atoms with van der Waals surface area (Å²) < 4.78 is 26.8. The zero-order valence-electron chi connectivity index (χ0n) is 18.6. The van der Waals surface area contributed by atoms with E-state index in [-0.39, 0.29) is 12.5 Å². The van der Waals surface area contributed by atoms with Crippen molar-refractivity contribution in [1.29, 1.82) is 0 Å². The van der Waals surface area contributed by atoms with Gasteiger partial charge in [-0.15, -0.1) is 0 Å². The van der Waals surface area contributed by atoms with Crippen molar-refractivity contribution in [1.82, 2.24) is 10.2 Å². The van der Waals surface area contributed by atoms with Crippen LogP contribution in [0.25, 0.3) is 0 Å². The summed E-state index contributed by atoms with van der Waals surface area (Å²) in [5, 5.41) is 2.78. The quantitative estimate of drug-likeness (QED) is 0.489. The molecule has 0 heterocycles. The molecule has 0 aliphatic carbocycles. The van der Waals surface area contributed by atoms with Crippen LogP contribution in [0.4, 0.5) is 5.69 Å². The second kappa shape index (κ2) is 12.0. The molecule has 9 heteroatoms. The van der Waals surface area contributed by atoms with Crippen LogP contribution in [-0.4, -0.2) is 57.1 Å². The Bertz CT molecular complexity index is 1010. The Hall–Kier alpha value is -2.39. The molecule has 1 atom stereocenters. The largest absolute Gasteiger partial charge is 0.355 e. The molecule has 0 aliphatic rings. The van der Waals surface area contributed by atoms with Crippen LogP contribution in [0.1, 0.15) is 25.8 Å². The van der Waals surface area contributed by atoms with E-state index in [0.29, 0.717) is 36.1 Å². The highest BCUT2D eigenvalue weighted by molar-refractivity contribution is 9.10. The molecule has 2 amide bonds. The summed E-state index contributed by atoms with van der Waals surface area (Å²) in [6.45, 7) is 4.02. The average molecular weight is 524 g/mol. The van der Waals surface area contributed by atoms with Crippen molar-refractivity contribution < 1.29 is 18.0 Å². The van der Waals surface area contributed by atoms with E-state index in [9.17, 15) is 18.0 Å². The van der Waals surface area contributed by atoms with Crippen molar-refractivity contribution in [2.24, 2.45) is 0 Å². The van der Waals surface area contributed by atoms with Gasteiger partial charge in [0.05, 0.1) is 11.9 Å². The van der Waals surface area contributed by atoms with Crippen LogP contribution in [0.15, 0.2) is 59.1 Å². The SMILES string of the molecule is CCNC(=O)[C@H](CC)N(CCc1ccccc1)C(=O)CN(c1cccc(Br)c1)S(C)(=O)=O. The molecule has 0 saturated heterocycles. The first-order chi connectivity index (χ1) is 15.2. The highest BCUT2D eigenvalue weighted by Gasteiger charge is 2.31. The minimum Gasteiger partial charge on any atom is -0.355 e. The zero-order valence-corrected chi connectivity index (χ0v) is 21.0. The monoisotopic (exact) mass is 523 g/mol. The number of nitrogens with one attached hydrogen (secondary N) is 1. The van der Waals surface area contributed by atoms with E-state index in [2.05, 4.69) is 21.2 Å². The number of benzene rings is 2. The molecule has 174 valence electrons. The van der Waals surface area contributed by atoms with Crippen molar-refractivity contribution in [3.8, 4) is 0 Å². The van der Waals surface area contributed by atoms with Crippen LogP contribution < -0.4 is 9.62 Å². The molecule has 2 aromatic carbocycles. The third-order valence-corrected chi connectivity index (χ3v) is 6.63. The number of nitrogens with zero attached hydrogens (tertiary/aromatic N) is 2. The first-order valence-electron chi connectivity index (χ1n) is 10.5. The predicted octanol–water partition coefficient (Wildman–Crippen LogP) is 3.20. The maximum Gasteiger partial charge on any atom is 0.244 e. The smallest absolute Gasteiger partial charge is 0.244 e. The lowest BCUT2D eigenvalue weighted by Gasteiger charge is -2.32. The molecular weight excluding hydrogens is 494 g/mol. The fourth-order valence-corrected chi connectivity index (χ4v) is 4.66. The summed E-state index contributed by atoms with van der Waals surface area (Å²) in [7, 11) is -3.73. The molecule has 0 fully saturated rings. The van der Waals surface area contributed by atoms with Gasteiger partial charge in [-0.05, 0) is 43.5 Å². The second-order valence-electron chi connectivity index (χ2n) is 7.39. The minimum absolute atomic E-state index is 0.246. The first-order valence-corrected chi connectivity index (χ1v) is 13.2. The van der Waals surface area contributed by atoms with Crippen molar-refractivity contribution in [3.63, 3.8) is 0 Å². The number of rotatable bonds is 11. The van der Waals surface area contributed by atoms with E-state index in [0.717, 1.165) is 16.1 Å². The Balaban J connectivity index is 2.34. The van der Waals surface area contributed by atoms with Crippen molar-refractivity contribution in [3.05, 3.63) is 64.6 Å². The Kier molecular flexibility index (Phi) is 9.71. The van der Waals surface area contributed by atoms with Gasteiger partial charge < -0.3 is 10.2 Å². The third-order valence-electron chi connectivity index (χ3n) is 5.00. The standard InChI is InChI=1S/C23H30BrN3O4S/c1-4-21(23(29)25-5-2)26(15-14-18-10-7-6-8-11-18)22(28)17-27(32(3,30)31)20-13-9-12-19(24)16-20/h6-13,16,21H,4-5,14-15,17H2,1-3H3,(H,25,29)/t21-/m0/s1. The van der Waals surface area contributed by atoms with Crippen LogP contribution in [-0.2, 0) is 26.0 Å². The Morgan fingerprint density at radius 3 is 2.31 bits per heavy atom. The number of carbonyl (C=O) groups excluding carboxylic acids is 2. The normalized spacial score (nSPS) is 12.1. The zero-order chi connectivity index (χ0) is 23.7. The van der Waals surface area contributed by atoms with Gasteiger partial charge in [0.2, 0.25) is 21.8 Å². The topological polar surface area (TPSA) is 86.8 Å². The van der Waals surface area contributed by atoms with Gasteiger partial charge in [-0.25, -0.2) is 8.42 Å². The lowest BCUT2D eigenvalue weighted by Crippen LogP contribution is -2.53. The number of sulfonamides is 1. The van der Waals surface area contributed by atoms with E-state index in [1.807, 2.05) is 44.2 Å². The van der Waals surface area contributed by atoms with Gasteiger partial charge >= 0.3 is 0 Å². The molecule has 0 bridgehead atoms. The van der Waals surface area contributed by atoms with Crippen LogP contribution in [0, 0.1) is 0 Å². The molecule has 0 spiro atoms. The number of hydrogen-bond acceptors (Lipinski definition) is 4. The number of anilines is 1. The first kappa shape index (κ1) is 25.9. The Morgan fingerprint density at radius 2 is 1.75 bits per heavy atom. The van der Waals surface area contributed by atoms with Gasteiger partial charge in [-0.3, -0.25) is 13.9 Å². The molecular formula is C23H30BrN3O4S. The molecule has 0 saturated carbocycles. The van der Waals surface area contributed by atoms with E-state index >= 15 is 0 Å². The van der Waals surface area contributed by atoms with Gasteiger partial charge in [-0.1, -0.05) is 59.3 Å². The Labute approximate surface area is 199 Å². The summed E-state index contributed by atoms with van der Waals surface area (Å²) in [6.07, 6.45) is 2.04. The van der Waals surface area contributed by atoms with Crippen LogP contribution in [0.2, 0.25) is 0 Å². The van der Waals surface area contributed by atoms with Gasteiger partial charge in [0.25, 0.3) is 0 Å². The molecule has 0 unspecified atom stereocenters. The molecule has 2 aromatic rings. The van der Waals surface area contributed by atoms with E-state index in [4.69, 9.17) is 0 Å². The summed E-state index contributed by atoms with van der Waals surface area (Å²) in [4.78, 5) is 27.6. The highest BCUT2D eigenvalue weighted by atomic mass is 79.9. The van der Waals surface area contributed by atoms with Crippen molar-refractivity contribution in [2.45, 2.75) is 32.7 Å². The highest BCUT2D eigenvalue weighted by Crippen LogP contribution is 2.22. The molecule has 0 radical (unpaired) electrons. The van der Waals surface area contributed by atoms with Gasteiger partial charge in [-0.2, -0.15) is 0 Å². The summed E-state index contributed by atoms with van der Waals surface area (Å²) in [6, 6.07) is 15.7. The van der Waals surface area contributed by atoms with E-state index < -0.39 is 22.0 Å². The predicted molar refractivity (Wildman–Crippen MR) is 131 cm³/mol. The average Bonchev–Trinajstić information content (AvgIpc) is 2.74. The fraction of sp³-hybridized carbons (Fsp3) is 0.391. The van der Waals surface area contributed by atoms with Gasteiger partial charge in [0.1, 0.15) is 12.6 Å². The van der Waals surface area contributed by atoms with Crippen LogP contribution >= 0.6 is 15.9 Å². The lowest BCUT2D eigenvalue weighted by molar-refractivity contribution is -0.139. The lowest BCUT2D eigenvalue weighted by atomic mass is 10.1. The molecule has 0 aromatic heterocycles. The van der Waals surface area contributed by atoms with Crippen LogP contribution in [0.5, 0.6) is 0 Å². The second-order valence-corrected chi connectivity index (χ2v) is 10.2. The summed E-state index contributed by atoms with van der Waals surface area (Å²) >= 11 is 3.34. The fourth-order valence-electron chi connectivity index (χ4n) is 3.43. The van der Waals surface area contributed by atoms with E-state index in [1.165, 1.54) is 4.90 Å². The van der Waals surface area contributed by atoms with Crippen molar-refractivity contribution >= 4 is 43.5 Å². The number of likely N-dealkylation sites (N-methyl/N-ethyl adjacent to an activating group) is 1. The molecule has 1 N–H and O–H groups in total. The third kappa shape index (κ3) is 7.34. The maximum atomic E-state index is 13.4. The van der Waals surface area contributed by atoms with E-state index in [1.54, 1.807) is 24.3 Å². The summed E-state index contributed by atoms with van der Waals surface area (Å²) in [5.41, 5.74) is 1.41. The van der Waals surface area contributed by atoms with Gasteiger partial charge in [0.15, 0.2) is 0 Å². The Morgan fingerprint density at radius 1 is 1.06 bits per heavy atom.